The molecular formula is C19H29N6O4. The number of nitrogens with one attached hydrogen (secondary N) is 5. The van der Waals surface area contributed by atoms with Gasteiger partial charge in [-0.05, 0) is 43.7 Å². The average molecular weight is 405 g/mol. The third kappa shape index (κ3) is 9.54. The third-order valence-corrected chi connectivity index (χ3v) is 4.02. The first-order valence-corrected chi connectivity index (χ1v) is 9.42. The van der Waals surface area contributed by atoms with E-state index in [1.165, 1.54) is 0 Å². The van der Waals surface area contributed by atoms with Gasteiger partial charge in [0.1, 0.15) is 6.04 Å². The van der Waals surface area contributed by atoms with Crippen LogP contribution in [0.3, 0.4) is 0 Å². The molecule has 0 aliphatic carbocycles. The van der Waals surface area contributed by atoms with E-state index >= 15 is 0 Å². The van der Waals surface area contributed by atoms with Gasteiger partial charge in [0, 0.05) is 18.7 Å². The minimum absolute atomic E-state index is 0.236. The SMILES string of the molecule is Cc1ccccc1C(=O)N[C@@H](CCCNC(=N)N[N+](=O)[O-])C(=O)N[CH]CC(C)C. The van der Waals surface area contributed by atoms with Crippen molar-refractivity contribution in [3.8, 4) is 0 Å². The molecule has 1 aromatic rings. The Bertz CT molecular complexity index is 722. The second-order valence-electron chi connectivity index (χ2n) is 7.00. The van der Waals surface area contributed by atoms with Gasteiger partial charge in [-0.1, -0.05) is 37.5 Å². The number of hydrazine groups is 1. The summed E-state index contributed by atoms with van der Waals surface area (Å²) in [4.78, 5) is 35.4. The molecule has 29 heavy (non-hydrogen) atoms. The highest BCUT2D eigenvalue weighted by Gasteiger charge is 2.21. The van der Waals surface area contributed by atoms with Crippen LogP contribution in [0, 0.1) is 34.9 Å². The molecule has 1 rings (SSSR count). The zero-order valence-corrected chi connectivity index (χ0v) is 17.0. The number of nitro groups is 1. The molecule has 1 atom stereocenters. The summed E-state index contributed by atoms with van der Waals surface area (Å²) < 4.78 is 0. The Hall–Kier alpha value is -3.17. The molecule has 10 nitrogen and oxygen atoms in total. The smallest absolute Gasteiger partial charge is 0.252 e. The maximum atomic E-state index is 12.6. The molecule has 0 aliphatic rings. The molecule has 0 saturated heterocycles. The highest BCUT2D eigenvalue weighted by atomic mass is 16.7. The Balaban J connectivity index is 2.66. The van der Waals surface area contributed by atoms with Crippen molar-refractivity contribution in [2.24, 2.45) is 5.92 Å². The Morgan fingerprint density at radius 3 is 2.59 bits per heavy atom. The molecule has 10 heteroatoms. The van der Waals surface area contributed by atoms with E-state index in [2.05, 4.69) is 16.0 Å². The predicted molar refractivity (Wildman–Crippen MR) is 109 cm³/mol. The van der Waals surface area contributed by atoms with E-state index in [9.17, 15) is 19.7 Å². The van der Waals surface area contributed by atoms with Crippen LogP contribution in [0.15, 0.2) is 24.3 Å². The fourth-order valence-corrected chi connectivity index (χ4v) is 2.48. The number of guanidine groups is 1. The van der Waals surface area contributed by atoms with Gasteiger partial charge in [-0.15, -0.1) is 0 Å². The van der Waals surface area contributed by atoms with E-state index in [1.807, 2.05) is 32.9 Å². The van der Waals surface area contributed by atoms with Gasteiger partial charge < -0.3 is 16.0 Å². The normalized spacial score (nSPS) is 11.4. The second-order valence-corrected chi connectivity index (χ2v) is 7.00. The summed E-state index contributed by atoms with van der Waals surface area (Å²) >= 11 is 0. The fraction of sp³-hybridized carbons (Fsp3) is 0.474. The van der Waals surface area contributed by atoms with Crippen LogP contribution in [0.25, 0.3) is 0 Å². The largest absolute Gasteiger partial charge is 0.352 e. The van der Waals surface area contributed by atoms with E-state index in [-0.39, 0.29) is 18.4 Å². The Morgan fingerprint density at radius 1 is 1.28 bits per heavy atom. The molecule has 0 aromatic heterocycles. The van der Waals surface area contributed by atoms with Gasteiger partial charge in [-0.3, -0.25) is 15.0 Å². The number of hydrogen-bond acceptors (Lipinski definition) is 5. The maximum absolute atomic E-state index is 12.6. The first-order valence-electron chi connectivity index (χ1n) is 9.42. The van der Waals surface area contributed by atoms with Crippen LogP contribution < -0.4 is 21.4 Å². The first-order chi connectivity index (χ1) is 13.7. The number of rotatable bonds is 11. The minimum Gasteiger partial charge on any atom is -0.352 e. The number of amides is 2. The number of nitrogens with zero attached hydrogens (tertiary/aromatic N) is 1. The van der Waals surface area contributed by atoms with Gasteiger partial charge in [0.25, 0.3) is 11.9 Å². The summed E-state index contributed by atoms with van der Waals surface area (Å²) in [5.74, 6) is -0.723. The maximum Gasteiger partial charge on any atom is 0.252 e. The summed E-state index contributed by atoms with van der Waals surface area (Å²) in [6.07, 6.45) is 1.42. The lowest BCUT2D eigenvalue weighted by Gasteiger charge is -2.19. The molecule has 0 heterocycles. The second kappa shape index (κ2) is 12.3. The molecule has 159 valence electrons. The number of carbonyl (C=O) groups is 2. The first kappa shape index (κ1) is 23.9. The minimum atomic E-state index is -0.835. The van der Waals surface area contributed by atoms with Crippen LogP contribution in [-0.4, -0.2) is 35.4 Å². The van der Waals surface area contributed by atoms with Crippen molar-refractivity contribution in [2.45, 2.75) is 46.1 Å². The molecule has 0 aliphatic heterocycles. The van der Waals surface area contributed by atoms with Gasteiger partial charge in [-0.25, -0.2) is 10.1 Å². The van der Waals surface area contributed by atoms with Crippen LogP contribution in [0.5, 0.6) is 0 Å². The van der Waals surface area contributed by atoms with E-state index in [0.29, 0.717) is 30.7 Å². The third-order valence-electron chi connectivity index (χ3n) is 4.02. The van der Waals surface area contributed by atoms with Gasteiger partial charge in [0.15, 0.2) is 5.03 Å². The molecule has 5 N–H and O–H groups in total. The van der Waals surface area contributed by atoms with Crippen molar-refractivity contribution in [1.82, 2.24) is 21.4 Å². The highest BCUT2D eigenvalue weighted by Crippen LogP contribution is 2.08. The van der Waals surface area contributed by atoms with E-state index in [1.54, 1.807) is 24.1 Å². The Morgan fingerprint density at radius 2 is 1.97 bits per heavy atom. The van der Waals surface area contributed by atoms with Crippen molar-refractivity contribution in [1.29, 1.82) is 5.41 Å². The standard InChI is InChI=1S/C19H29N6O4/c1-13(2)10-12-21-18(27)16(9-6-11-22-19(20)24-25(28)29)23-17(26)15-8-5-4-7-14(15)3/h4-5,7-8,12-13,16H,6,9-11H2,1-3H3,(H,21,27)(H,23,26)(H3,20,22,24)/t16-/m0/s1. The van der Waals surface area contributed by atoms with Gasteiger partial charge >= 0.3 is 0 Å². The van der Waals surface area contributed by atoms with E-state index < -0.39 is 17.0 Å². The number of aryl methyl sites for hydroxylation is 1. The monoisotopic (exact) mass is 405 g/mol. The Kier molecular flexibility index (Phi) is 10.1. The average Bonchev–Trinajstić information content (AvgIpc) is 2.63. The molecule has 0 fully saturated rings. The van der Waals surface area contributed by atoms with Crippen LogP contribution in [0.2, 0.25) is 0 Å². The van der Waals surface area contributed by atoms with Crippen molar-refractivity contribution >= 4 is 17.8 Å². The molecule has 1 aromatic carbocycles. The van der Waals surface area contributed by atoms with Gasteiger partial charge in [-0.2, -0.15) is 0 Å². The zero-order valence-electron chi connectivity index (χ0n) is 17.0. The number of benzene rings is 1. The van der Waals surface area contributed by atoms with Crippen molar-refractivity contribution in [3.05, 3.63) is 52.1 Å². The van der Waals surface area contributed by atoms with Crippen molar-refractivity contribution in [2.75, 3.05) is 6.54 Å². The molecular weight excluding hydrogens is 376 g/mol. The Labute approximate surface area is 170 Å². The molecule has 0 saturated carbocycles. The van der Waals surface area contributed by atoms with Crippen molar-refractivity contribution in [3.63, 3.8) is 0 Å². The van der Waals surface area contributed by atoms with Gasteiger partial charge in [0.05, 0.1) is 0 Å². The van der Waals surface area contributed by atoms with E-state index in [4.69, 9.17) is 5.41 Å². The van der Waals surface area contributed by atoms with Crippen LogP contribution in [-0.2, 0) is 4.79 Å². The van der Waals surface area contributed by atoms with Crippen LogP contribution in [0.4, 0.5) is 0 Å². The lowest BCUT2D eigenvalue weighted by molar-refractivity contribution is -0.525. The summed E-state index contributed by atoms with van der Waals surface area (Å²) in [7, 11) is 0. The molecule has 0 bridgehead atoms. The fourth-order valence-electron chi connectivity index (χ4n) is 2.48. The van der Waals surface area contributed by atoms with Crippen molar-refractivity contribution < 1.29 is 14.6 Å². The lowest BCUT2D eigenvalue weighted by atomic mass is 10.1. The van der Waals surface area contributed by atoms with E-state index in [0.717, 1.165) is 5.56 Å². The lowest BCUT2D eigenvalue weighted by Crippen LogP contribution is -2.47. The predicted octanol–water partition coefficient (Wildman–Crippen LogP) is 1.50. The topological polar surface area (TPSA) is 149 Å². The highest BCUT2D eigenvalue weighted by molar-refractivity contribution is 5.98. The zero-order chi connectivity index (χ0) is 21.8. The van der Waals surface area contributed by atoms with Crippen LogP contribution >= 0.6 is 0 Å². The molecule has 2 amide bonds. The number of carbonyl (C=O) groups excluding carboxylic acids is 2. The summed E-state index contributed by atoms with van der Waals surface area (Å²) in [6, 6.07) is 6.32. The van der Waals surface area contributed by atoms with Crippen LogP contribution in [0.1, 0.15) is 49.0 Å². The number of hydrogen-bond donors (Lipinski definition) is 5. The quantitative estimate of drug-likeness (QED) is 0.124. The summed E-state index contributed by atoms with van der Waals surface area (Å²) in [5.41, 5.74) is 2.99. The molecule has 1 radical (unpaired) electrons. The molecule has 0 spiro atoms. The molecule has 0 unspecified atom stereocenters. The van der Waals surface area contributed by atoms with Gasteiger partial charge in [0.2, 0.25) is 5.91 Å². The summed E-state index contributed by atoms with van der Waals surface area (Å²) in [5, 5.41) is 24.8. The summed E-state index contributed by atoms with van der Waals surface area (Å²) in [6.45, 7) is 7.78.